The van der Waals surface area contributed by atoms with Crippen molar-refractivity contribution < 1.29 is 9.84 Å². The number of hydrogen-bond donors (Lipinski definition) is 1. The molecule has 1 aliphatic carbocycles. The minimum atomic E-state index is 0.235. The predicted molar refractivity (Wildman–Crippen MR) is 91.9 cm³/mol. The Kier molecular flexibility index (Phi) is 4.96. The van der Waals surface area contributed by atoms with Crippen molar-refractivity contribution in [2.75, 3.05) is 7.11 Å². The Morgan fingerprint density at radius 2 is 1.64 bits per heavy atom. The Morgan fingerprint density at radius 1 is 1.05 bits per heavy atom. The number of methoxy groups -OCH3 is 1. The van der Waals surface area contributed by atoms with Crippen LogP contribution in [0.1, 0.15) is 33.3 Å². The zero-order valence-electron chi connectivity index (χ0n) is 14.0. The molecule has 0 aliphatic heterocycles. The van der Waals surface area contributed by atoms with Gasteiger partial charge in [0.1, 0.15) is 5.75 Å². The third-order valence-electron chi connectivity index (χ3n) is 3.82. The zero-order chi connectivity index (χ0) is 16.3. The van der Waals surface area contributed by atoms with Gasteiger partial charge in [0.05, 0.1) is 7.11 Å². The van der Waals surface area contributed by atoms with Crippen LogP contribution in [-0.2, 0) is 0 Å². The molecule has 0 unspecified atom stereocenters. The summed E-state index contributed by atoms with van der Waals surface area (Å²) in [7, 11) is 1.66. The number of hydrogen-bond acceptors (Lipinski definition) is 3. The molecule has 0 amide bonds. The minimum Gasteiger partial charge on any atom is -0.497 e. The Morgan fingerprint density at radius 3 is 2.14 bits per heavy atom. The average molecular weight is 299 g/mol. The van der Waals surface area contributed by atoms with Crippen LogP contribution in [0.5, 0.6) is 5.75 Å². The summed E-state index contributed by atoms with van der Waals surface area (Å²) < 4.78 is 5.20. The van der Waals surface area contributed by atoms with Crippen LogP contribution in [-0.4, -0.2) is 29.2 Å². The summed E-state index contributed by atoms with van der Waals surface area (Å²) in [6, 6.07) is 8.37. The molecule has 118 valence electrons. The number of nitrogens with zero attached hydrogens (tertiary/aromatic N) is 1. The van der Waals surface area contributed by atoms with Gasteiger partial charge in [-0.2, -0.15) is 0 Å². The summed E-state index contributed by atoms with van der Waals surface area (Å²) in [5.74, 6) is 1.16. The first kappa shape index (κ1) is 16.2. The van der Waals surface area contributed by atoms with Crippen LogP contribution in [0.25, 0.3) is 5.57 Å². The lowest BCUT2D eigenvalue weighted by Gasteiger charge is -2.33. The topological polar surface area (TPSA) is 32.7 Å². The summed E-state index contributed by atoms with van der Waals surface area (Å²) in [5, 5.41) is 10.8. The number of aliphatic hydroxyl groups is 1. The van der Waals surface area contributed by atoms with Gasteiger partial charge in [0.2, 0.25) is 0 Å². The highest BCUT2D eigenvalue weighted by molar-refractivity contribution is 5.86. The fourth-order valence-electron chi connectivity index (χ4n) is 2.86. The molecule has 22 heavy (non-hydrogen) atoms. The fourth-order valence-corrected chi connectivity index (χ4v) is 2.86. The lowest BCUT2D eigenvalue weighted by atomic mass is 10.00. The molecule has 0 saturated heterocycles. The van der Waals surface area contributed by atoms with E-state index in [0.717, 1.165) is 22.5 Å². The quantitative estimate of drug-likeness (QED) is 0.810. The number of allylic oxidation sites excluding steroid dienone is 5. The molecule has 0 atom stereocenters. The SMILES string of the molecule is COc1ccc(C2=CC=C/C2=C(/O)N(C(C)C)C(C)C)cc1. The highest BCUT2D eigenvalue weighted by Crippen LogP contribution is 2.33. The normalized spacial score (nSPS) is 16.2. The second-order valence-electron chi connectivity index (χ2n) is 6.00. The molecule has 0 radical (unpaired) electrons. The molecule has 0 fully saturated rings. The molecular weight excluding hydrogens is 274 g/mol. The first-order valence-corrected chi connectivity index (χ1v) is 7.70. The van der Waals surface area contributed by atoms with Gasteiger partial charge in [-0.15, -0.1) is 0 Å². The Hall–Kier alpha value is -2.16. The molecule has 2 rings (SSSR count). The number of aliphatic hydroxyl groups excluding tert-OH is 1. The predicted octanol–water partition coefficient (Wildman–Crippen LogP) is 4.54. The zero-order valence-corrected chi connectivity index (χ0v) is 14.0. The Balaban J connectivity index is 2.39. The van der Waals surface area contributed by atoms with E-state index < -0.39 is 0 Å². The molecule has 0 bridgehead atoms. The van der Waals surface area contributed by atoms with Gasteiger partial charge in [-0.1, -0.05) is 24.3 Å². The molecule has 1 N–H and O–H groups in total. The second-order valence-corrected chi connectivity index (χ2v) is 6.00. The van der Waals surface area contributed by atoms with Gasteiger partial charge in [-0.25, -0.2) is 0 Å². The monoisotopic (exact) mass is 299 g/mol. The van der Waals surface area contributed by atoms with Gasteiger partial charge in [0.25, 0.3) is 0 Å². The molecule has 1 aromatic rings. The molecule has 1 aromatic carbocycles. The average Bonchev–Trinajstić information content (AvgIpc) is 2.96. The first-order chi connectivity index (χ1) is 10.5. The fraction of sp³-hybridized carbons (Fsp3) is 0.368. The molecule has 1 aliphatic rings. The Labute approximate surface area is 133 Å². The van der Waals surface area contributed by atoms with Crippen molar-refractivity contribution in [3.8, 4) is 5.75 Å². The molecule has 0 aromatic heterocycles. The third kappa shape index (κ3) is 3.19. The van der Waals surface area contributed by atoms with Crippen LogP contribution >= 0.6 is 0 Å². The number of ether oxygens (including phenoxy) is 1. The standard InChI is InChI=1S/C19H25NO2/c1-13(2)20(14(3)4)19(21)18-8-6-7-17(18)15-9-11-16(22-5)12-10-15/h6-14,21H,1-5H3/b19-18-. The lowest BCUT2D eigenvalue weighted by Crippen LogP contribution is -2.36. The summed E-state index contributed by atoms with van der Waals surface area (Å²) in [5.41, 5.74) is 2.97. The van der Waals surface area contributed by atoms with Crippen LogP contribution in [0, 0.1) is 0 Å². The van der Waals surface area contributed by atoms with E-state index in [1.54, 1.807) is 7.11 Å². The van der Waals surface area contributed by atoms with E-state index in [1.165, 1.54) is 0 Å². The molecular formula is C19H25NO2. The smallest absolute Gasteiger partial charge is 0.195 e. The van der Waals surface area contributed by atoms with E-state index in [9.17, 15) is 5.11 Å². The lowest BCUT2D eigenvalue weighted by molar-refractivity contribution is 0.133. The summed E-state index contributed by atoms with van der Waals surface area (Å²) in [4.78, 5) is 2.03. The van der Waals surface area contributed by atoms with Gasteiger partial charge < -0.3 is 14.7 Å². The highest BCUT2D eigenvalue weighted by Gasteiger charge is 2.22. The number of benzene rings is 1. The van der Waals surface area contributed by atoms with Crippen molar-refractivity contribution in [1.82, 2.24) is 4.90 Å². The third-order valence-corrected chi connectivity index (χ3v) is 3.82. The minimum absolute atomic E-state index is 0.235. The Bertz CT molecular complexity index is 599. The van der Waals surface area contributed by atoms with Crippen molar-refractivity contribution in [1.29, 1.82) is 0 Å². The maximum absolute atomic E-state index is 10.8. The van der Waals surface area contributed by atoms with Gasteiger partial charge in [-0.05, 0) is 57.0 Å². The van der Waals surface area contributed by atoms with E-state index in [2.05, 4.69) is 27.7 Å². The van der Waals surface area contributed by atoms with E-state index in [4.69, 9.17) is 4.74 Å². The van der Waals surface area contributed by atoms with E-state index in [1.807, 2.05) is 47.4 Å². The summed E-state index contributed by atoms with van der Waals surface area (Å²) in [6.07, 6.45) is 5.98. The molecule has 0 heterocycles. The maximum Gasteiger partial charge on any atom is 0.195 e. The van der Waals surface area contributed by atoms with Gasteiger partial charge in [0, 0.05) is 17.7 Å². The van der Waals surface area contributed by atoms with Gasteiger partial charge in [0.15, 0.2) is 5.88 Å². The van der Waals surface area contributed by atoms with Crippen molar-refractivity contribution in [3.05, 3.63) is 59.5 Å². The van der Waals surface area contributed by atoms with Crippen LogP contribution in [0.15, 0.2) is 53.9 Å². The number of rotatable bonds is 5. The highest BCUT2D eigenvalue weighted by atomic mass is 16.5. The van der Waals surface area contributed by atoms with E-state index >= 15 is 0 Å². The maximum atomic E-state index is 10.8. The van der Waals surface area contributed by atoms with E-state index in [-0.39, 0.29) is 12.1 Å². The van der Waals surface area contributed by atoms with Gasteiger partial charge >= 0.3 is 0 Å². The van der Waals surface area contributed by atoms with Crippen LogP contribution in [0.4, 0.5) is 0 Å². The molecule has 3 nitrogen and oxygen atoms in total. The van der Waals surface area contributed by atoms with Crippen LogP contribution in [0.2, 0.25) is 0 Å². The van der Waals surface area contributed by atoms with Crippen molar-refractivity contribution in [3.63, 3.8) is 0 Å². The molecule has 0 spiro atoms. The second kappa shape index (κ2) is 6.73. The van der Waals surface area contributed by atoms with Gasteiger partial charge in [-0.3, -0.25) is 0 Å². The van der Waals surface area contributed by atoms with Crippen LogP contribution in [0.3, 0.4) is 0 Å². The van der Waals surface area contributed by atoms with E-state index in [0.29, 0.717) is 5.88 Å². The van der Waals surface area contributed by atoms with Crippen molar-refractivity contribution >= 4 is 5.57 Å². The van der Waals surface area contributed by atoms with Crippen molar-refractivity contribution in [2.45, 2.75) is 39.8 Å². The molecule has 3 heteroatoms. The largest absolute Gasteiger partial charge is 0.497 e. The first-order valence-electron chi connectivity index (χ1n) is 7.70. The summed E-state index contributed by atoms with van der Waals surface area (Å²) >= 11 is 0. The van der Waals surface area contributed by atoms with Crippen molar-refractivity contribution in [2.24, 2.45) is 0 Å². The van der Waals surface area contributed by atoms with Crippen LogP contribution < -0.4 is 4.74 Å². The molecule has 0 saturated carbocycles. The summed E-state index contributed by atoms with van der Waals surface area (Å²) in [6.45, 7) is 8.36.